The van der Waals surface area contributed by atoms with Gasteiger partial charge in [-0.1, -0.05) is 24.1 Å². The predicted octanol–water partition coefficient (Wildman–Crippen LogP) is 3.09. The smallest absolute Gasteiger partial charge is 0.240 e. The monoisotopic (exact) mass is 287 g/mol. The molecule has 0 bridgehead atoms. The van der Waals surface area contributed by atoms with Gasteiger partial charge in [-0.3, -0.25) is 0 Å². The van der Waals surface area contributed by atoms with Crippen LogP contribution in [0.2, 0.25) is 0 Å². The van der Waals surface area contributed by atoms with Crippen LogP contribution >= 0.6 is 0 Å². The van der Waals surface area contributed by atoms with Crippen molar-refractivity contribution >= 4 is 0 Å². The molecule has 5 nitrogen and oxygen atoms in total. The average molecular weight is 287 g/mol. The third-order valence-electron chi connectivity index (χ3n) is 3.96. The van der Waals surface area contributed by atoms with E-state index in [1.807, 2.05) is 25.1 Å². The quantitative estimate of drug-likeness (QED) is 0.915. The van der Waals surface area contributed by atoms with Crippen LogP contribution < -0.4 is 10.1 Å². The first kappa shape index (κ1) is 14.1. The Morgan fingerprint density at radius 1 is 1.33 bits per heavy atom. The molecular weight excluding hydrogens is 266 g/mol. The summed E-state index contributed by atoms with van der Waals surface area (Å²) in [5.74, 6) is 1.97. The summed E-state index contributed by atoms with van der Waals surface area (Å²) >= 11 is 0. The van der Waals surface area contributed by atoms with Crippen LogP contribution in [0.4, 0.5) is 0 Å². The average Bonchev–Trinajstić information content (AvgIpc) is 3.16. The highest BCUT2D eigenvalue weighted by Crippen LogP contribution is 2.28. The van der Waals surface area contributed by atoms with Crippen molar-refractivity contribution in [3.63, 3.8) is 0 Å². The molecule has 5 heteroatoms. The van der Waals surface area contributed by atoms with Crippen LogP contribution in [0.5, 0.6) is 5.75 Å². The maximum Gasteiger partial charge on any atom is 0.240 e. The Bertz CT molecular complexity index is 603. The topological polar surface area (TPSA) is 60.2 Å². The largest absolute Gasteiger partial charge is 0.496 e. The molecule has 0 saturated heterocycles. The second kappa shape index (κ2) is 6.26. The summed E-state index contributed by atoms with van der Waals surface area (Å²) in [4.78, 5) is 4.46. The number of hydrogen-bond donors (Lipinski definition) is 1. The minimum Gasteiger partial charge on any atom is -0.496 e. The number of aryl methyl sites for hydroxylation is 1. The number of nitrogens with zero attached hydrogens (tertiary/aromatic N) is 2. The van der Waals surface area contributed by atoms with Gasteiger partial charge in [0.1, 0.15) is 5.75 Å². The zero-order valence-electron chi connectivity index (χ0n) is 12.6. The van der Waals surface area contributed by atoms with Crippen molar-refractivity contribution in [3.05, 3.63) is 29.7 Å². The Labute approximate surface area is 124 Å². The molecular formula is C16H21N3O2. The molecule has 112 valence electrons. The van der Waals surface area contributed by atoms with E-state index in [2.05, 4.69) is 15.5 Å². The summed E-state index contributed by atoms with van der Waals surface area (Å²) in [5, 5.41) is 7.54. The summed E-state index contributed by atoms with van der Waals surface area (Å²) in [6.45, 7) is 2.66. The van der Waals surface area contributed by atoms with Crippen LogP contribution in [0, 0.1) is 6.92 Å². The van der Waals surface area contributed by atoms with E-state index in [9.17, 15) is 0 Å². The van der Waals surface area contributed by atoms with Gasteiger partial charge < -0.3 is 14.6 Å². The van der Waals surface area contributed by atoms with Crippen molar-refractivity contribution in [1.82, 2.24) is 15.5 Å². The zero-order chi connectivity index (χ0) is 14.7. The molecule has 0 unspecified atom stereocenters. The summed E-state index contributed by atoms with van der Waals surface area (Å²) in [5.41, 5.74) is 2.00. The first-order valence-electron chi connectivity index (χ1n) is 7.47. The minimum absolute atomic E-state index is 0.579. The van der Waals surface area contributed by atoms with Crippen LogP contribution in [0.1, 0.15) is 37.1 Å². The van der Waals surface area contributed by atoms with Gasteiger partial charge in [0.05, 0.1) is 19.2 Å². The van der Waals surface area contributed by atoms with Crippen molar-refractivity contribution < 1.29 is 9.26 Å². The van der Waals surface area contributed by atoms with E-state index in [0.717, 1.165) is 16.9 Å². The summed E-state index contributed by atoms with van der Waals surface area (Å²) < 4.78 is 10.7. The summed E-state index contributed by atoms with van der Waals surface area (Å²) in [6.07, 6.45) is 5.11. The molecule has 1 aliphatic carbocycles. The molecule has 1 fully saturated rings. The number of ether oxygens (including phenoxy) is 1. The Morgan fingerprint density at radius 2 is 2.14 bits per heavy atom. The van der Waals surface area contributed by atoms with Gasteiger partial charge in [0.15, 0.2) is 0 Å². The lowest BCUT2D eigenvalue weighted by atomic mass is 10.1. The Morgan fingerprint density at radius 3 is 2.90 bits per heavy atom. The third-order valence-corrected chi connectivity index (χ3v) is 3.96. The molecule has 21 heavy (non-hydrogen) atoms. The van der Waals surface area contributed by atoms with Gasteiger partial charge in [0, 0.05) is 6.04 Å². The lowest BCUT2D eigenvalue weighted by Gasteiger charge is -2.08. The number of benzene rings is 1. The Balaban J connectivity index is 1.72. The van der Waals surface area contributed by atoms with E-state index in [0.29, 0.717) is 24.3 Å². The molecule has 0 amide bonds. The highest BCUT2D eigenvalue weighted by molar-refractivity contribution is 5.64. The van der Waals surface area contributed by atoms with Crippen molar-refractivity contribution in [1.29, 1.82) is 0 Å². The molecule has 1 aliphatic rings. The Hall–Kier alpha value is -1.88. The van der Waals surface area contributed by atoms with Crippen LogP contribution in [-0.2, 0) is 6.54 Å². The van der Waals surface area contributed by atoms with E-state index in [4.69, 9.17) is 9.26 Å². The van der Waals surface area contributed by atoms with Crippen molar-refractivity contribution in [2.45, 2.75) is 45.2 Å². The maximum atomic E-state index is 5.39. The highest BCUT2D eigenvalue weighted by Gasteiger charge is 2.17. The number of methoxy groups -OCH3 is 1. The first-order valence-corrected chi connectivity index (χ1v) is 7.47. The molecule has 1 aromatic heterocycles. The number of nitrogens with one attached hydrogen (secondary N) is 1. The molecule has 0 spiro atoms. The molecule has 1 saturated carbocycles. The minimum atomic E-state index is 0.579. The lowest BCUT2D eigenvalue weighted by Crippen LogP contribution is -2.25. The molecule has 0 radical (unpaired) electrons. The molecule has 2 aromatic rings. The van der Waals surface area contributed by atoms with Gasteiger partial charge in [-0.05, 0) is 37.5 Å². The van der Waals surface area contributed by atoms with Crippen LogP contribution in [0.3, 0.4) is 0 Å². The van der Waals surface area contributed by atoms with E-state index in [-0.39, 0.29) is 0 Å². The molecule has 1 N–H and O–H groups in total. The SMILES string of the molecule is COc1cc(C)ccc1-c1noc(CNC2CCCC2)n1. The molecule has 1 heterocycles. The van der Waals surface area contributed by atoms with Crippen molar-refractivity contribution in [2.75, 3.05) is 7.11 Å². The number of aromatic nitrogens is 2. The fourth-order valence-corrected chi connectivity index (χ4v) is 2.78. The fourth-order valence-electron chi connectivity index (χ4n) is 2.78. The zero-order valence-corrected chi connectivity index (χ0v) is 12.6. The third kappa shape index (κ3) is 3.24. The van der Waals surface area contributed by atoms with Gasteiger partial charge >= 0.3 is 0 Å². The van der Waals surface area contributed by atoms with Crippen LogP contribution in [0.15, 0.2) is 22.7 Å². The Kier molecular flexibility index (Phi) is 4.20. The summed E-state index contributed by atoms with van der Waals surface area (Å²) in [6, 6.07) is 6.55. The second-order valence-electron chi connectivity index (χ2n) is 5.58. The predicted molar refractivity (Wildman–Crippen MR) is 80.1 cm³/mol. The van der Waals surface area contributed by atoms with Gasteiger partial charge in [-0.25, -0.2) is 0 Å². The fraction of sp³-hybridized carbons (Fsp3) is 0.500. The normalized spacial score (nSPS) is 15.5. The number of hydrogen-bond acceptors (Lipinski definition) is 5. The van der Waals surface area contributed by atoms with Gasteiger partial charge in [-0.2, -0.15) is 4.98 Å². The maximum absolute atomic E-state index is 5.39. The molecule has 0 atom stereocenters. The van der Waals surface area contributed by atoms with Crippen molar-refractivity contribution in [2.24, 2.45) is 0 Å². The number of rotatable bonds is 5. The van der Waals surface area contributed by atoms with E-state index >= 15 is 0 Å². The summed E-state index contributed by atoms with van der Waals surface area (Å²) in [7, 11) is 1.65. The van der Waals surface area contributed by atoms with Gasteiger partial charge in [0.2, 0.25) is 11.7 Å². The van der Waals surface area contributed by atoms with E-state index in [1.54, 1.807) is 7.11 Å². The van der Waals surface area contributed by atoms with Crippen LogP contribution in [0.25, 0.3) is 11.4 Å². The van der Waals surface area contributed by atoms with Gasteiger partial charge in [0.25, 0.3) is 0 Å². The second-order valence-corrected chi connectivity index (χ2v) is 5.58. The molecule has 0 aliphatic heterocycles. The van der Waals surface area contributed by atoms with Crippen LogP contribution in [-0.4, -0.2) is 23.3 Å². The van der Waals surface area contributed by atoms with Gasteiger partial charge in [-0.15, -0.1) is 0 Å². The standard InChI is InChI=1S/C16H21N3O2/c1-11-7-8-13(14(9-11)20-2)16-18-15(21-19-16)10-17-12-5-3-4-6-12/h7-9,12,17H,3-6,10H2,1-2H3. The molecule has 3 rings (SSSR count). The van der Waals surface area contributed by atoms with E-state index < -0.39 is 0 Å². The first-order chi connectivity index (χ1) is 10.3. The highest BCUT2D eigenvalue weighted by atomic mass is 16.5. The lowest BCUT2D eigenvalue weighted by molar-refractivity contribution is 0.357. The van der Waals surface area contributed by atoms with Crippen molar-refractivity contribution in [3.8, 4) is 17.1 Å². The molecule has 1 aromatic carbocycles. The van der Waals surface area contributed by atoms with E-state index in [1.165, 1.54) is 25.7 Å².